The summed E-state index contributed by atoms with van der Waals surface area (Å²) in [6, 6.07) is 1.58. The van der Waals surface area contributed by atoms with E-state index in [9.17, 15) is 10.2 Å². The van der Waals surface area contributed by atoms with Crippen LogP contribution in [0.1, 0.15) is 25.5 Å². The molecule has 0 aliphatic carbocycles. The standard InChI is InChI=1S/C20H23NO4/c1-4-7-8-9-10-14-18(5-2)25-13-15(20(14)23)16-11-19(24-6-3)17(22)12-21-16/h4-5,9-13,20,22-23H,1-2,6-8H2,3H3/b10-9+. The summed E-state index contributed by atoms with van der Waals surface area (Å²) in [6.07, 6.45) is 10.6. The Balaban J connectivity index is 2.30. The van der Waals surface area contributed by atoms with Gasteiger partial charge in [-0.1, -0.05) is 24.8 Å². The first kappa shape index (κ1) is 18.5. The highest BCUT2D eigenvalue weighted by Crippen LogP contribution is 2.34. The first-order valence-electron chi connectivity index (χ1n) is 8.13. The Kier molecular flexibility index (Phi) is 6.60. The molecule has 5 heteroatoms. The molecule has 1 atom stereocenters. The summed E-state index contributed by atoms with van der Waals surface area (Å²) in [5.41, 5.74) is 1.55. The number of aliphatic hydroxyl groups excluding tert-OH is 1. The van der Waals surface area contributed by atoms with Gasteiger partial charge in [0.05, 0.1) is 24.8 Å². The Morgan fingerprint density at radius 3 is 2.84 bits per heavy atom. The predicted molar refractivity (Wildman–Crippen MR) is 97.9 cm³/mol. The number of hydrogen-bond donors (Lipinski definition) is 2. The lowest BCUT2D eigenvalue weighted by atomic mass is 9.95. The van der Waals surface area contributed by atoms with Crippen LogP contribution >= 0.6 is 0 Å². The second kappa shape index (κ2) is 8.89. The van der Waals surface area contributed by atoms with E-state index in [2.05, 4.69) is 18.1 Å². The molecule has 1 aromatic rings. The molecule has 0 radical (unpaired) electrons. The van der Waals surface area contributed by atoms with Gasteiger partial charge in [0.15, 0.2) is 11.5 Å². The van der Waals surface area contributed by atoms with Gasteiger partial charge in [-0.25, -0.2) is 0 Å². The van der Waals surface area contributed by atoms with Gasteiger partial charge in [0.25, 0.3) is 0 Å². The van der Waals surface area contributed by atoms with E-state index in [1.165, 1.54) is 12.5 Å². The van der Waals surface area contributed by atoms with E-state index in [-0.39, 0.29) is 5.75 Å². The van der Waals surface area contributed by atoms with Crippen molar-refractivity contribution >= 4 is 5.57 Å². The minimum absolute atomic E-state index is 0.0516. The summed E-state index contributed by atoms with van der Waals surface area (Å²) >= 11 is 0. The number of allylic oxidation sites excluding steroid dienone is 3. The molecule has 1 unspecified atom stereocenters. The highest BCUT2D eigenvalue weighted by Gasteiger charge is 2.25. The van der Waals surface area contributed by atoms with Gasteiger partial charge in [0.2, 0.25) is 0 Å². The Morgan fingerprint density at radius 1 is 1.36 bits per heavy atom. The van der Waals surface area contributed by atoms with E-state index >= 15 is 0 Å². The predicted octanol–water partition coefficient (Wildman–Crippen LogP) is 3.88. The number of unbranched alkanes of at least 4 members (excludes halogenated alkanes) is 1. The molecule has 0 aromatic carbocycles. The number of aromatic hydroxyl groups is 1. The molecule has 0 saturated heterocycles. The zero-order valence-corrected chi connectivity index (χ0v) is 14.3. The lowest BCUT2D eigenvalue weighted by molar-refractivity contribution is 0.242. The summed E-state index contributed by atoms with van der Waals surface area (Å²) < 4.78 is 11.0. The van der Waals surface area contributed by atoms with Crippen LogP contribution in [-0.4, -0.2) is 27.9 Å². The van der Waals surface area contributed by atoms with Gasteiger partial charge in [-0.2, -0.15) is 0 Å². The summed E-state index contributed by atoms with van der Waals surface area (Å²) in [4.78, 5) is 4.17. The van der Waals surface area contributed by atoms with Crippen molar-refractivity contribution in [2.75, 3.05) is 6.61 Å². The third-order valence-corrected chi connectivity index (χ3v) is 3.65. The maximum atomic E-state index is 10.8. The molecule has 2 heterocycles. The van der Waals surface area contributed by atoms with E-state index in [0.717, 1.165) is 12.8 Å². The Morgan fingerprint density at radius 2 is 2.16 bits per heavy atom. The van der Waals surface area contributed by atoms with Crippen LogP contribution in [0, 0.1) is 0 Å². The van der Waals surface area contributed by atoms with Crippen molar-refractivity contribution in [3.63, 3.8) is 0 Å². The summed E-state index contributed by atoms with van der Waals surface area (Å²) in [6.45, 7) is 9.64. The van der Waals surface area contributed by atoms with Crippen LogP contribution in [0.15, 0.2) is 67.3 Å². The van der Waals surface area contributed by atoms with Crippen molar-refractivity contribution < 1.29 is 19.7 Å². The fraction of sp³-hybridized carbons (Fsp3) is 0.250. The lowest BCUT2D eigenvalue weighted by Gasteiger charge is -2.23. The molecule has 0 bridgehead atoms. The number of aliphatic hydroxyl groups is 1. The highest BCUT2D eigenvalue weighted by molar-refractivity contribution is 5.72. The van der Waals surface area contributed by atoms with Crippen LogP contribution in [0.3, 0.4) is 0 Å². The Bertz CT molecular complexity index is 731. The molecule has 0 fully saturated rings. The van der Waals surface area contributed by atoms with Crippen molar-refractivity contribution in [1.82, 2.24) is 4.98 Å². The highest BCUT2D eigenvalue weighted by atomic mass is 16.5. The van der Waals surface area contributed by atoms with Gasteiger partial charge in [0, 0.05) is 17.2 Å². The molecular weight excluding hydrogens is 318 g/mol. The van der Waals surface area contributed by atoms with Crippen molar-refractivity contribution in [3.05, 3.63) is 73.0 Å². The minimum Gasteiger partial charge on any atom is -0.503 e. The summed E-state index contributed by atoms with van der Waals surface area (Å²) in [7, 11) is 0. The maximum absolute atomic E-state index is 10.8. The van der Waals surface area contributed by atoms with Crippen LogP contribution < -0.4 is 4.74 Å². The molecule has 0 amide bonds. The fourth-order valence-electron chi connectivity index (χ4n) is 2.38. The average Bonchev–Trinajstić information content (AvgIpc) is 2.62. The van der Waals surface area contributed by atoms with Crippen molar-refractivity contribution in [1.29, 1.82) is 0 Å². The second-order valence-corrected chi connectivity index (χ2v) is 5.36. The van der Waals surface area contributed by atoms with Crippen LogP contribution in [0.25, 0.3) is 5.57 Å². The largest absolute Gasteiger partial charge is 0.503 e. The number of rotatable bonds is 8. The normalized spacial score (nSPS) is 17.2. The van der Waals surface area contributed by atoms with E-state index in [1.54, 1.807) is 12.1 Å². The monoisotopic (exact) mass is 341 g/mol. The number of aromatic nitrogens is 1. The van der Waals surface area contributed by atoms with Crippen molar-refractivity contribution in [2.24, 2.45) is 0 Å². The van der Waals surface area contributed by atoms with E-state index in [1.807, 2.05) is 25.2 Å². The van der Waals surface area contributed by atoms with Gasteiger partial charge in [0.1, 0.15) is 11.9 Å². The van der Waals surface area contributed by atoms with Gasteiger partial charge in [-0.15, -0.1) is 6.58 Å². The second-order valence-electron chi connectivity index (χ2n) is 5.36. The minimum atomic E-state index is -0.923. The molecule has 1 aromatic heterocycles. The quantitative estimate of drug-likeness (QED) is 0.554. The van der Waals surface area contributed by atoms with Gasteiger partial charge < -0.3 is 19.7 Å². The molecule has 25 heavy (non-hydrogen) atoms. The van der Waals surface area contributed by atoms with Gasteiger partial charge >= 0.3 is 0 Å². The molecule has 0 saturated carbocycles. The number of ether oxygens (including phenoxy) is 2. The SMILES string of the molecule is C=CCC/C=C/C1=C(C=C)OC=C(c2cc(OCC)c(O)cn2)C1O. The maximum Gasteiger partial charge on any atom is 0.176 e. The van der Waals surface area contributed by atoms with Crippen LogP contribution in [0.4, 0.5) is 0 Å². The molecule has 2 rings (SSSR count). The number of pyridine rings is 1. The smallest absolute Gasteiger partial charge is 0.176 e. The summed E-state index contributed by atoms with van der Waals surface area (Å²) in [5, 5.41) is 20.5. The average molecular weight is 341 g/mol. The van der Waals surface area contributed by atoms with E-state index in [4.69, 9.17) is 9.47 Å². The first-order valence-corrected chi connectivity index (χ1v) is 8.13. The number of hydrogen-bond acceptors (Lipinski definition) is 5. The molecule has 0 spiro atoms. The van der Waals surface area contributed by atoms with Gasteiger partial charge in [-0.3, -0.25) is 4.98 Å². The Labute approximate surface area is 147 Å². The van der Waals surface area contributed by atoms with E-state index in [0.29, 0.717) is 35.0 Å². The molecule has 5 nitrogen and oxygen atoms in total. The van der Waals surface area contributed by atoms with Crippen molar-refractivity contribution in [2.45, 2.75) is 25.9 Å². The topological polar surface area (TPSA) is 71.8 Å². The number of nitrogens with zero attached hydrogens (tertiary/aromatic N) is 1. The third-order valence-electron chi connectivity index (χ3n) is 3.65. The van der Waals surface area contributed by atoms with Crippen LogP contribution in [-0.2, 0) is 4.74 Å². The molecule has 132 valence electrons. The van der Waals surface area contributed by atoms with Crippen LogP contribution in [0.2, 0.25) is 0 Å². The molecule has 2 N–H and O–H groups in total. The summed E-state index contributed by atoms with van der Waals surface area (Å²) in [5.74, 6) is 0.751. The zero-order valence-electron chi connectivity index (χ0n) is 14.3. The Hall–Kier alpha value is -2.79. The fourth-order valence-corrected chi connectivity index (χ4v) is 2.38. The first-order chi connectivity index (χ1) is 12.1. The molecule has 1 aliphatic heterocycles. The van der Waals surface area contributed by atoms with Crippen molar-refractivity contribution in [3.8, 4) is 11.5 Å². The molecule has 1 aliphatic rings. The van der Waals surface area contributed by atoms with E-state index < -0.39 is 6.10 Å². The molecular formula is C20H23NO4. The zero-order chi connectivity index (χ0) is 18.2. The lowest BCUT2D eigenvalue weighted by Crippen LogP contribution is -2.18. The van der Waals surface area contributed by atoms with Crippen LogP contribution in [0.5, 0.6) is 11.5 Å². The third kappa shape index (κ3) is 4.39. The van der Waals surface area contributed by atoms with Gasteiger partial charge in [-0.05, 0) is 25.8 Å².